The van der Waals surface area contributed by atoms with E-state index >= 15 is 0 Å². The van der Waals surface area contributed by atoms with Crippen LogP contribution in [0.25, 0.3) is 0 Å². The number of nitrogens with two attached hydrogens (primary N) is 1. The third kappa shape index (κ3) is 5.61. The first-order valence-corrected chi connectivity index (χ1v) is 7.35. The maximum atomic E-state index is 11.9. The molecule has 0 fully saturated rings. The van der Waals surface area contributed by atoms with E-state index in [1.807, 2.05) is 38.1 Å². The Labute approximate surface area is 121 Å². The number of hydrogen-bond donors (Lipinski definition) is 2. The van der Waals surface area contributed by atoms with E-state index < -0.39 is 0 Å². The Morgan fingerprint density at radius 3 is 2.70 bits per heavy atom. The molecule has 112 valence electrons. The predicted octanol–water partition coefficient (Wildman–Crippen LogP) is 3.18. The van der Waals surface area contributed by atoms with Gasteiger partial charge >= 0.3 is 0 Å². The van der Waals surface area contributed by atoms with Crippen molar-refractivity contribution in [2.75, 3.05) is 11.9 Å². The van der Waals surface area contributed by atoms with Crippen molar-refractivity contribution < 1.29 is 9.53 Å². The summed E-state index contributed by atoms with van der Waals surface area (Å²) in [5, 5.41) is 2.90. The number of rotatable bonds is 8. The number of amides is 1. The van der Waals surface area contributed by atoms with Crippen LogP contribution in [-0.4, -0.2) is 18.6 Å². The molecule has 0 bridgehead atoms. The second-order valence-corrected chi connectivity index (χ2v) is 5.13. The van der Waals surface area contributed by atoms with Crippen LogP contribution >= 0.6 is 0 Å². The number of carbonyl (C=O) groups is 1. The van der Waals surface area contributed by atoms with Gasteiger partial charge in [-0.1, -0.05) is 26.3 Å². The zero-order valence-electron chi connectivity index (χ0n) is 12.7. The van der Waals surface area contributed by atoms with Crippen molar-refractivity contribution >= 4 is 11.6 Å². The van der Waals surface area contributed by atoms with E-state index in [0.29, 0.717) is 13.0 Å². The lowest BCUT2D eigenvalue weighted by molar-refractivity contribution is -0.117. The topological polar surface area (TPSA) is 64.4 Å². The molecule has 2 unspecified atom stereocenters. The average Bonchev–Trinajstić information content (AvgIpc) is 2.44. The zero-order valence-corrected chi connectivity index (χ0v) is 12.7. The molecule has 0 spiro atoms. The maximum Gasteiger partial charge on any atom is 0.224 e. The van der Waals surface area contributed by atoms with Gasteiger partial charge in [0.05, 0.1) is 6.10 Å². The summed E-state index contributed by atoms with van der Waals surface area (Å²) >= 11 is 0. The Balaban J connectivity index is 2.59. The van der Waals surface area contributed by atoms with Gasteiger partial charge in [0.25, 0.3) is 0 Å². The molecule has 2 atom stereocenters. The van der Waals surface area contributed by atoms with Gasteiger partial charge in [-0.2, -0.15) is 0 Å². The second kappa shape index (κ2) is 8.59. The third-order valence-electron chi connectivity index (χ3n) is 3.41. The highest BCUT2D eigenvalue weighted by Crippen LogP contribution is 2.20. The predicted molar refractivity (Wildman–Crippen MR) is 82.9 cm³/mol. The number of anilines is 1. The fraction of sp³-hybridized carbons (Fsp3) is 0.562. The first-order chi connectivity index (χ1) is 9.58. The molecular weight excluding hydrogens is 252 g/mol. The molecule has 3 N–H and O–H groups in total. The van der Waals surface area contributed by atoms with Gasteiger partial charge in [0.1, 0.15) is 5.75 Å². The Morgan fingerprint density at radius 2 is 2.10 bits per heavy atom. The smallest absolute Gasteiger partial charge is 0.224 e. The van der Waals surface area contributed by atoms with Crippen molar-refractivity contribution in [3.8, 4) is 5.75 Å². The lowest BCUT2D eigenvalue weighted by atomic mass is 10.0. The van der Waals surface area contributed by atoms with Crippen LogP contribution in [0.3, 0.4) is 0 Å². The quantitative estimate of drug-likeness (QED) is 0.767. The number of nitrogens with one attached hydrogen (secondary N) is 1. The molecule has 0 radical (unpaired) electrons. The van der Waals surface area contributed by atoms with Crippen molar-refractivity contribution in [1.82, 2.24) is 0 Å². The largest absolute Gasteiger partial charge is 0.491 e. The highest BCUT2D eigenvalue weighted by Gasteiger charge is 2.11. The maximum absolute atomic E-state index is 11.9. The summed E-state index contributed by atoms with van der Waals surface area (Å²) in [6.07, 6.45) is 2.50. The van der Waals surface area contributed by atoms with Gasteiger partial charge < -0.3 is 15.8 Å². The van der Waals surface area contributed by atoms with Crippen molar-refractivity contribution in [1.29, 1.82) is 0 Å². The molecule has 0 saturated heterocycles. The molecule has 0 saturated carbocycles. The second-order valence-electron chi connectivity index (χ2n) is 5.13. The molecule has 0 aliphatic heterocycles. The molecule has 0 aliphatic carbocycles. The van der Waals surface area contributed by atoms with Gasteiger partial charge in [-0.15, -0.1) is 0 Å². The monoisotopic (exact) mass is 278 g/mol. The van der Waals surface area contributed by atoms with Gasteiger partial charge in [0.15, 0.2) is 0 Å². The Bertz CT molecular complexity index is 417. The molecule has 0 aromatic heterocycles. The fourth-order valence-corrected chi connectivity index (χ4v) is 1.83. The lowest BCUT2D eigenvalue weighted by Crippen LogP contribution is -2.21. The summed E-state index contributed by atoms with van der Waals surface area (Å²) < 4.78 is 5.74. The molecular formula is C16H26N2O2. The van der Waals surface area contributed by atoms with Crippen LogP contribution in [0.5, 0.6) is 5.75 Å². The van der Waals surface area contributed by atoms with Crippen molar-refractivity contribution in [2.45, 2.75) is 46.1 Å². The molecule has 0 heterocycles. The number of hydrogen-bond acceptors (Lipinski definition) is 3. The SMILES string of the molecule is CCC(CN)CC(=O)Nc1cccc(OC(C)CC)c1. The van der Waals surface area contributed by atoms with E-state index in [1.165, 1.54) is 0 Å². The molecule has 1 aromatic rings. The summed E-state index contributed by atoms with van der Waals surface area (Å²) in [4.78, 5) is 11.9. The first kappa shape index (κ1) is 16.5. The summed E-state index contributed by atoms with van der Waals surface area (Å²) in [6.45, 7) is 6.69. The molecule has 1 amide bonds. The number of carbonyl (C=O) groups excluding carboxylic acids is 1. The van der Waals surface area contributed by atoms with E-state index in [-0.39, 0.29) is 17.9 Å². The minimum Gasteiger partial charge on any atom is -0.491 e. The molecule has 1 aromatic carbocycles. The lowest BCUT2D eigenvalue weighted by Gasteiger charge is -2.15. The van der Waals surface area contributed by atoms with E-state index in [1.54, 1.807) is 0 Å². The standard InChI is InChI=1S/C16H26N2O2/c1-4-12(3)20-15-8-6-7-14(10-15)18-16(19)9-13(5-2)11-17/h6-8,10,12-13H,4-5,9,11,17H2,1-3H3,(H,18,19). The molecule has 0 aliphatic rings. The van der Waals surface area contributed by atoms with Gasteiger partial charge in [0, 0.05) is 18.2 Å². The van der Waals surface area contributed by atoms with Gasteiger partial charge in [0.2, 0.25) is 5.91 Å². The normalized spacial score (nSPS) is 13.6. The minimum absolute atomic E-state index is 0.00277. The van der Waals surface area contributed by atoms with Crippen LogP contribution < -0.4 is 15.8 Å². The van der Waals surface area contributed by atoms with Gasteiger partial charge in [-0.3, -0.25) is 4.79 Å². The van der Waals surface area contributed by atoms with Gasteiger partial charge in [-0.25, -0.2) is 0 Å². The van der Waals surface area contributed by atoms with Crippen molar-refractivity contribution in [3.63, 3.8) is 0 Å². The number of ether oxygens (including phenoxy) is 1. The highest BCUT2D eigenvalue weighted by atomic mass is 16.5. The molecule has 4 heteroatoms. The first-order valence-electron chi connectivity index (χ1n) is 7.35. The third-order valence-corrected chi connectivity index (χ3v) is 3.41. The van der Waals surface area contributed by atoms with Crippen LogP contribution in [0.4, 0.5) is 5.69 Å². The zero-order chi connectivity index (χ0) is 15.0. The van der Waals surface area contributed by atoms with Crippen molar-refractivity contribution in [3.05, 3.63) is 24.3 Å². The average molecular weight is 278 g/mol. The molecule has 20 heavy (non-hydrogen) atoms. The minimum atomic E-state index is 0.00277. The van der Waals surface area contributed by atoms with E-state index in [9.17, 15) is 4.79 Å². The summed E-state index contributed by atoms with van der Waals surface area (Å²) in [7, 11) is 0. The summed E-state index contributed by atoms with van der Waals surface area (Å²) in [6, 6.07) is 7.50. The van der Waals surface area contributed by atoms with E-state index in [2.05, 4.69) is 12.2 Å². The highest BCUT2D eigenvalue weighted by molar-refractivity contribution is 5.91. The Kier molecular flexibility index (Phi) is 7.09. The van der Waals surface area contributed by atoms with Crippen LogP contribution in [-0.2, 0) is 4.79 Å². The molecule has 1 rings (SSSR count). The van der Waals surface area contributed by atoms with Crippen LogP contribution in [0.1, 0.15) is 40.0 Å². The number of benzene rings is 1. The van der Waals surface area contributed by atoms with Crippen LogP contribution in [0.15, 0.2) is 24.3 Å². The Morgan fingerprint density at radius 1 is 1.35 bits per heavy atom. The molecule has 4 nitrogen and oxygen atoms in total. The summed E-state index contributed by atoms with van der Waals surface area (Å²) in [5.74, 6) is 1.03. The van der Waals surface area contributed by atoms with Crippen LogP contribution in [0, 0.1) is 5.92 Å². The summed E-state index contributed by atoms with van der Waals surface area (Å²) in [5.41, 5.74) is 6.39. The van der Waals surface area contributed by atoms with Gasteiger partial charge in [-0.05, 0) is 37.9 Å². The van der Waals surface area contributed by atoms with E-state index in [4.69, 9.17) is 10.5 Å². The fourth-order valence-electron chi connectivity index (χ4n) is 1.83. The Hall–Kier alpha value is -1.55. The van der Waals surface area contributed by atoms with Crippen LogP contribution in [0.2, 0.25) is 0 Å². The van der Waals surface area contributed by atoms with E-state index in [0.717, 1.165) is 24.3 Å². The van der Waals surface area contributed by atoms with Crippen molar-refractivity contribution in [2.24, 2.45) is 11.7 Å².